The molecule has 0 radical (unpaired) electrons. The number of hydrogen-bond acceptors (Lipinski definition) is 7. The molecule has 2 aliphatic heterocycles. The van der Waals surface area contributed by atoms with Crippen LogP contribution >= 0.6 is 11.6 Å². The highest BCUT2D eigenvalue weighted by atomic mass is 35.5. The van der Waals surface area contributed by atoms with Crippen molar-refractivity contribution >= 4 is 33.3 Å². The molecule has 14 heteroatoms. The van der Waals surface area contributed by atoms with Gasteiger partial charge in [0.2, 0.25) is 11.8 Å². The Morgan fingerprint density at radius 3 is 2.50 bits per heavy atom. The number of nitrogens with one attached hydrogen (secondary N) is 1. The molecular formula is C22H23ClF3N3O6S. The molecule has 0 bridgehead atoms. The standard InChI is InChI=1S/C22H23ClF3N3O6S/c1-20(10-34-11-20)19(31)29-8-14(7-16(29)18(30)28-21(9-27)4-5-21)36(32,33)17-3-2-13(6-15(17)23)35-12-22(24,25)26/h2-3,6,14,16H,4-5,7-8,10-12H2,1H3,(H,28,30). The molecule has 36 heavy (non-hydrogen) atoms. The zero-order valence-corrected chi connectivity index (χ0v) is 20.7. The molecule has 1 saturated carbocycles. The predicted molar refractivity (Wildman–Crippen MR) is 119 cm³/mol. The summed E-state index contributed by atoms with van der Waals surface area (Å²) in [6.45, 7) is 0.0440. The van der Waals surface area contributed by atoms with Gasteiger partial charge in [-0.1, -0.05) is 11.6 Å². The highest BCUT2D eigenvalue weighted by Crippen LogP contribution is 2.39. The Morgan fingerprint density at radius 1 is 1.33 bits per heavy atom. The summed E-state index contributed by atoms with van der Waals surface area (Å²) in [5.41, 5.74) is -1.92. The van der Waals surface area contributed by atoms with Crippen LogP contribution in [0.1, 0.15) is 26.2 Å². The summed E-state index contributed by atoms with van der Waals surface area (Å²) >= 11 is 6.11. The van der Waals surface area contributed by atoms with Gasteiger partial charge < -0.3 is 19.7 Å². The lowest BCUT2D eigenvalue weighted by atomic mass is 9.86. The summed E-state index contributed by atoms with van der Waals surface area (Å²) in [6, 6.07) is 3.97. The third-order valence-corrected chi connectivity index (χ3v) is 9.17. The Balaban J connectivity index is 1.58. The summed E-state index contributed by atoms with van der Waals surface area (Å²) in [5.74, 6) is -1.32. The number of nitriles is 1. The van der Waals surface area contributed by atoms with Crippen LogP contribution in [0.25, 0.3) is 0 Å². The molecule has 9 nitrogen and oxygen atoms in total. The highest BCUT2D eigenvalue weighted by molar-refractivity contribution is 7.92. The largest absolute Gasteiger partial charge is 0.484 e. The molecular weight excluding hydrogens is 527 g/mol. The van der Waals surface area contributed by atoms with E-state index >= 15 is 0 Å². The fraction of sp³-hybridized carbons (Fsp3) is 0.591. The molecule has 2 amide bonds. The summed E-state index contributed by atoms with van der Waals surface area (Å²) in [4.78, 5) is 27.2. The number of alkyl halides is 3. The van der Waals surface area contributed by atoms with Crippen LogP contribution in [-0.4, -0.2) is 74.5 Å². The van der Waals surface area contributed by atoms with Crippen LogP contribution in [0.2, 0.25) is 5.02 Å². The Hall–Kier alpha value is -2.56. The van der Waals surface area contributed by atoms with Crippen LogP contribution in [0.3, 0.4) is 0 Å². The van der Waals surface area contributed by atoms with Gasteiger partial charge in [-0.3, -0.25) is 9.59 Å². The minimum absolute atomic E-state index is 0.126. The van der Waals surface area contributed by atoms with Crippen LogP contribution in [0.5, 0.6) is 5.75 Å². The van der Waals surface area contributed by atoms with Crippen LogP contribution in [-0.2, 0) is 24.2 Å². The number of rotatable bonds is 7. The third-order valence-electron chi connectivity index (χ3n) is 6.56. The van der Waals surface area contributed by atoms with Crippen molar-refractivity contribution in [3.63, 3.8) is 0 Å². The van der Waals surface area contributed by atoms with Gasteiger partial charge in [-0.05, 0) is 38.3 Å². The molecule has 196 valence electrons. The normalized spacial score (nSPS) is 24.4. The molecule has 2 heterocycles. The smallest absolute Gasteiger partial charge is 0.422 e. The second-order valence-electron chi connectivity index (χ2n) is 9.61. The average Bonchev–Trinajstić information content (AvgIpc) is 3.40. The van der Waals surface area contributed by atoms with E-state index in [1.807, 2.05) is 6.07 Å². The molecule has 2 saturated heterocycles. The van der Waals surface area contributed by atoms with Gasteiger partial charge in [-0.2, -0.15) is 18.4 Å². The van der Waals surface area contributed by atoms with Gasteiger partial charge in [0.05, 0.1) is 39.9 Å². The van der Waals surface area contributed by atoms with Gasteiger partial charge >= 0.3 is 6.18 Å². The highest BCUT2D eigenvalue weighted by Gasteiger charge is 2.54. The molecule has 0 spiro atoms. The SMILES string of the molecule is CC1(C(=O)N2CC(S(=O)(=O)c3ccc(OCC(F)(F)F)cc3Cl)CC2C(=O)NC2(C#N)CC2)COC1. The first-order valence-electron chi connectivity index (χ1n) is 11.0. The van der Waals surface area contributed by atoms with Crippen molar-refractivity contribution in [3.8, 4) is 11.8 Å². The number of sulfone groups is 1. The second-order valence-corrected chi connectivity index (χ2v) is 12.2. The van der Waals surface area contributed by atoms with Crippen molar-refractivity contribution in [3.05, 3.63) is 23.2 Å². The summed E-state index contributed by atoms with van der Waals surface area (Å²) < 4.78 is 73.9. The van der Waals surface area contributed by atoms with Crippen LogP contribution in [0.4, 0.5) is 13.2 Å². The second kappa shape index (κ2) is 9.08. The summed E-state index contributed by atoms with van der Waals surface area (Å²) in [5, 5.41) is 10.4. The molecule has 1 N–H and O–H groups in total. The van der Waals surface area contributed by atoms with Crippen molar-refractivity contribution in [1.82, 2.24) is 10.2 Å². The van der Waals surface area contributed by atoms with E-state index in [0.717, 1.165) is 18.2 Å². The Morgan fingerprint density at radius 2 is 2.00 bits per heavy atom. The van der Waals surface area contributed by atoms with E-state index in [1.165, 1.54) is 4.90 Å². The monoisotopic (exact) mass is 549 g/mol. The minimum atomic E-state index is -4.58. The molecule has 3 aliphatic rings. The molecule has 0 aromatic heterocycles. The fourth-order valence-electron chi connectivity index (χ4n) is 4.23. The van der Waals surface area contributed by atoms with E-state index in [-0.39, 0.29) is 41.8 Å². The van der Waals surface area contributed by atoms with Gasteiger partial charge in [0.15, 0.2) is 16.4 Å². The quantitative estimate of drug-likeness (QED) is 0.553. The fourth-order valence-corrected chi connectivity index (χ4v) is 6.46. The van der Waals surface area contributed by atoms with Crippen LogP contribution in [0, 0.1) is 16.7 Å². The Bertz CT molecular complexity index is 1220. The maximum Gasteiger partial charge on any atom is 0.422 e. The number of carbonyl (C=O) groups excluding carboxylic acids is 2. The van der Waals surface area contributed by atoms with E-state index in [4.69, 9.17) is 16.3 Å². The summed E-state index contributed by atoms with van der Waals surface area (Å²) in [6.07, 6.45) is -3.90. The number of amides is 2. The van der Waals surface area contributed by atoms with Crippen molar-refractivity contribution in [2.75, 3.05) is 26.4 Å². The number of carbonyl (C=O) groups is 2. The maximum atomic E-state index is 13.5. The molecule has 1 aromatic rings. The first-order chi connectivity index (χ1) is 16.7. The zero-order chi connectivity index (χ0) is 26.5. The van der Waals surface area contributed by atoms with E-state index in [1.54, 1.807) is 6.92 Å². The molecule has 3 fully saturated rings. The molecule has 2 atom stereocenters. The predicted octanol–water partition coefficient (Wildman–Crippen LogP) is 2.23. The average molecular weight is 550 g/mol. The Kier molecular flexibility index (Phi) is 6.68. The topological polar surface area (TPSA) is 126 Å². The lowest BCUT2D eigenvalue weighted by Gasteiger charge is -2.40. The maximum absolute atomic E-state index is 13.5. The van der Waals surface area contributed by atoms with Crippen LogP contribution < -0.4 is 10.1 Å². The molecule has 4 rings (SSSR count). The summed E-state index contributed by atoms with van der Waals surface area (Å²) in [7, 11) is -4.21. The first-order valence-corrected chi connectivity index (χ1v) is 13.0. The van der Waals surface area contributed by atoms with Crippen molar-refractivity contribution in [2.24, 2.45) is 5.41 Å². The van der Waals surface area contributed by atoms with E-state index in [0.29, 0.717) is 12.8 Å². The number of hydrogen-bond donors (Lipinski definition) is 1. The number of likely N-dealkylation sites (tertiary alicyclic amines) is 1. The molecule has 1 aromatic carbocycles. The lowest BCUT2D eigenvalue weighted by molar-refractivity contribution is -0.170. The Labute approximate surface area is 210 Å². The van der Waals surface area contributed by atoms with Gasteiger partial charge in [-0.15, -0.1) is 0 Å². The van der Waals surface area contributed by atoms with Gasteiger partial charge in [0.1, 0.15) is 17.3 Å². The zero-order valence-electron chi connectivity index (χ0n) is 19.1. The van der Waals surface area contributed by atoms with Crippen molar-refractivity contribution in [1.29, 1.82) is 5.26 Å². The van der Waals surface area contributed by atoms with E-state index < -0.39 is 56.7 Å². The number of ether oxygens (including phenoxy) is 2. The number of halogens is 4. The van der Waals surface area contributed by atoms with Crippen molar-refractivity contribution in [2.45, 2.75) is 54.1 Å². The van der Waals surface area contributed by atoms with Crippen LogP contribution in [0.15, 0.2) is 23.1 Å². The van der Waals surface area contributed by atoms with E-state index in [2.05, 4.69) is 10.1 Å². The first kappa shape index (κ1) is 26.5. The van der Waals surface area contributed by atoms with Gasteiger partial charge in [-0.25, -0.2) is 8.42 Å². The number of nitrogens with zero attached hydrogens (tertiary/aromatic N) is 2. The van der Waals surface area contributed by atoms with Gasteiger partial charge in [0.25, 0.3) is 0 Å². The lowest BCUT2D eigenvalue weighted by Crippen LogP contribution is -2.57. The third kappa shape index (κ3) is 5.12. The van der Waals surface area contributed by atoms with Gasteiger partial charge in [0, 0.05) is 12.6 Å². The van der Waals surface area contributed by atoms with E-state index in [9.17, 15) is 36.4 Å². The molecule has 2 unspecified atom stereocenters. The van der Waals surface area contributed by atoms with Crippen molar-refractivity contribution < 1.29 is 40.7 Å². The molecule has 1 aliphatic carbocycles. The number of benzene rings is 1. The minimum Gasteiger partial charge on any atom is -0.484 e.